The molecule has 0 spiro atoms. The molecule has 0 saturated heterocycles. The van der Waals surface area contributed by atoms with Gasteiger partial charge in [-0.05, 0) is 51.2 Å². The fraction of sp³-hybridized carbons (Fsp3) is 0.611. The number of aryl methyl sites for hydroxylation is 1. The van der Waals surface area contributed by atoms with E-state index in [1.54, 1.807) is 27.0 Å². The highest BCUT2D eigenvalue weighted by atomic mass is 16.6. The first-order valence-electron chi connectivity index (χ1n) is 8.35. The average molecular weight is 335 g/mol. The van der Waals surface area contributed by atoms with Crippen molar-refractivity contribution in [3.05, 3.63) is 30.1 Å². The van der Waals surface area contributed by atoms with E-state index in [-0.39, 0.29) is 11.8 Å². The largest absolute Gasteiger partial charge is 0.444 e. The van der Waals surface area contributed by atoms with Gasteiger partial charge in [0.05, 0.1) is 0 Å². The third-order valence-corrected chi connectivity index (χ3v) is 3.29. The maximum absolute atomic E-state index is 12.3. The summed E-state index contributed by atoms with van der Waals surface area (Å²) >= 11 is 0. The monoisotopic (exact) mass is 335 g/mol. The molecule has 0 bridgehead atoms. The van der Waals surface area contributed by atoms with Gasteiger partial charge in [0.2, 0.25) is 5.91 Å². The van der Waals surface area contributed by atoms with E-state index in [1.807, 2.05) is 32.2 Å². The number of nitrogens with zero attached hydrogens (tertiary/aromatic N) is 1. The summed E-state index contributed by atoms with van der Waals surface area (Å²) in [5, 5.41) is 5.52. The molecule has 1 atom stereocenters. The van der Waals surface area contributed by atoms with Crippen LogP contribution >= 0.6 is 0 Å². The van der Waals surface area contributed by atoms with Crippen LogP contribution < -0.4 is 10.6 Å². The molecule has 1 rings (SSSR count). The Bertz CT molecular complexity index is 524. The lowest BCUT2D eigenvalue weighted by molar-refractivity contribution is -0.124. The van der Waals surface area contributed by atoms with Crippen molar-refractivity contribution in [3.63, 3.8) is 0 Å². The van der Waals surface area contributed by atoms with E-state index in [9.17, 15) is 9.59 Å². The first-order valence-corrected chi connectivity index (χ1v) is 8.35. The molecular weight excluding hydrogens is 306 g/mol. The minimum Gasteiger partial charge on any atom is -0.444 e. The van der Waals surface area contributed by atoms with E-state index < -0.39 is 17.7 Å². The fourth-order valence-electron chi connectivity index (χ4n) is 2.13. The van der Waals surface area contributed by atoms with Gasteiger partial charge in [-0.25, -0.2) is 4.79 Å². The summed E-state index contributed by atoms with van der Waals surface area (Å²) in [7, 11) is 0. The Morgan fingerprint density at radius 2 is 2.00 bits per heavy atom. The molecule has 134 valence electrons. The van der Waals surface area contributed by atoms with Crippen LogP contribution in [0.3, 0.4) is 0 Å². The van der Waals surface area contributed by atoms with E-state index in [2.05, 4.69) is 15.6 Å². The molecule has 2 N–H and O–H groups in total. The van der Waals surface area contributed by atoms with Gasteiger partial charge in [0.1, 0.15) is 11.6 Å². The number of hydrogen-bond acceptors (Lipinski definition) is 4. The zero-order chi connectivity index (χ0) is 18.2. The number of rotatable bonds is 7. The summed E-state index contributed by atoms with van der Waals surface area (Å²) in [4.78, 5) is 28.2. The maximum Gasteiger partial charge on any atom is 0.408 e. The van der Waals surface area contributed by atoms with Crippen LogP contribution in [0.4, 0.5) is 4.79 Å². The highest BCUT2D eigenvalue weighted by Crippen LogP contribution is 2.09. The second-order valence-electron chi connectivity index (χ2n) is 7.12. The predicted molar refractivity (Wildman–Crippen MR) is 93.6 cm³/mol. The first kappa shape index (κ1) is 19.9. The normalized spacial score (nSPS) is 12.6. The fourth-order valence-corrected chi connectivity index (χ4v) is 2.13. The van der Waals surface area contributed by atoms with Crippen molar-refractivity contribution in [1.82, 2.24) is 15.6 Å². The van der Waals surface area contributed by atoms with Gasteiger partial charge in [0.25, 0.3) is 0 Å². The standard InChI is InChI=1S/C18H29N3O3/c1-13(2)15(21-17(23)24-18(3,4)5)16(22)20-11-7-9-14-8-6-10-19-12-14/h6,8,10,12-13,15H,7,9,11H2,1-5H3,(H,20,22)(H,21,23). The van der Waals surface area contributed by atoms with Crippen molar-refractivity contribution in [3.8, 4) is 0 Å². The van der Waals surface area contributed by atoms with Crippen molar-refractivity contribution in [1.29, 1.82) is 0 Å². The minimum absolute atomic E-state index is 0.0316. The molecule has 1 aromatic heterocycles. The molecule has 0 aliphatic rings. The van der Waals surface area contributed by atoms with Crippen LogP contribution in [0.1, 0.15) is 46.6 Å². The van der Waals surface area contributed by atoms with Gasteiger partial charge >= 0.3 is 6.09 Å². The molecular formula is C18H29N3O3. The smallest absolute Gasteiger partial charge is 0.408 e. The van der Waals surface area contributed by atoms with Gasteiger partial charge in [0.15, 0.2) is 0 Å². The molecule has 1 unspecified atom stereocenters. The Morgan fingerprint density at radius 1 is 1.29 bits per heavy atom. The van der Waals surface area contributed by atoms with Gasteiger partial charge in [-0.15, -0.1) is 0 Å². The molecule has 1 heterocycles. The Morgan fingerprint density at radius 3 is 2.54 bits per heavy atom. The first-order chi connectivity index (χ1) is 11.2. The molecule has 0 aliphatic carbocycles. The number of aromatic nitrogens is 1. The van der Waals surface area contributed by atoms with Crippen LogP contribution in [0.2, 0.25) is 0 Å². The molecule has 2 amide bonds. The third-order valence-electron chi connectivity index (χ3n) is 3.29. The van der Waals surface area contributed by atoms with Crippen LogP contribution in [0.5, 0.6) is 0 Å². The zero-order valence-electron chi connectivity index (χ0n) is 15.3. The van der Waals surface area contributed by atoms with Gasteiger partial charge in [0, 0.05) is 18.9 Å². The van der Waals surface area contributed by atoms with Gasteiger partial charge in [-0.1, -0.05) is 19.9 Å². The molecule has 24 heavy (non-hydrogen) atoms. The number of carbonyl (C=O) groups is 2. The van der Waals surface area contributed by atoms with Crippen LogP contribution in [0, 0.1) is 5.92 Å². The zero-order valence-corrected chi connectivity index (χ0v) is 15.3. The molecule has 0 aromatic carbocycles. The van der Waals surface area contributed by atoms with Crippen LogP contribution in [0.15, 0.2) is 24.5 Å². The summed E-state index contributed by atoms with van der Waals surface area (Å²) in [6.45, 7) is 9.68. The number of ether oxygens (including phenoxy) is 1. The topological polar surface area (TPSA) is 80.3 Å². The third kappa shape index (κ3) is 7.94. The summed E-state index contributed by atoms with van der Waals surface area (Å²) in [5.74, 6) is -0.224. The number of carbonyl (C=O) groups excluding carboxylic acids is 2. The molecule has 0 fully saturated rings. The Labute approximate surface area is 144 Å². The number of amides is 2. The Hall–Kier alpha value is -2.11. The van der Waals surface area contributed by atoms with Crippen molar-refractivity contribution in [2.45, 2.75) is 59.1 Å². The number of nitrogens with one attached hydrogen (secondary N) is 2. The van der Waals surface area contributed by atoms with Crippen molar-refractivity contribution >= 4 is 12.0 Å². The number of pyridine rings is 1. The summed E-state index contributed by atoms with van der Waals surface area (Å²) in [5.41, 5.74) is 0.547. The molecule has 0 aliphatic heterocycles. The van der Waals surface area contributed by atoms with Gasteiger partial charge in [-0.3, -0.25) is 9.78 Å². The second-order valence-corrected chi connectivity index (χ2v) is 7.12. The van der Waals surface area contributed by atoms with E-state index in [4.69, 9.17) is 4.74 Å². The molecule has 0 saturated carbocycles. The minimum atomic E-state index is -0.613. The van der Waals surface area contributed by atoms with Crippen molar-refractivity contribution < 1.29 is 14.3 Å². The van der Waals surface area contributed by atoms with E-state index in [1.165, 1.54) is 0 Å². The maximum atomic E-state index is 12.3. The lowest BCUT2D eigenvalue weighted by atomic mass is 10.0. The average Bonchev–Trinajstić information content (AvgIpc) is 2.48. The highest BCUT2D eigenvalue weighted by Gasteiger charge is 2.26. The van der Waals surface area contributed by atoms with Crippen LogP contribution in [-0.4, -0.2) is 35.2 Å². The summed E-state index contributed by atoms with van der Waals surface area (Å²) in [6, 6.07) is 3.29. The quantitative estimate of drug-likeness (QED) is 0.751. The lowest BCUT2D eigenvalue weighted by Gasteiger charge is -2.25. The van der Waals surface area contributed by atoms with Crippen LogP contribution in [0.25, 0.3) is 0 Å². The number of hydrogen-bond donors (Lipinski definition) is 2. The van der Waals surface area contributed by atoms with Crippen LogP contribution in [-0.2, 0) is 16.0 Å². The lowest BCUT2D eigenvalue weighted by Crippen LogP contribution is -2.51. The molecule has 0 radical (unpaired) electrons. The Balaban J connectivity index is 2.41. The summed E-state index contributed by atoms with van der Waals surface area (Å²) in [6.07, 6.45) is 4.64. The van der Waals surface area contributed by atoms with Gasteiger partial charge < -0.3 is 15.4 Å². The Kier molecular flexibility index (Phi) is 7.68. The summed E-state index contributed by atoms with van der Waals surface area (Å²) < 4.78 is 5.22. The van der Waals surface area contributed by atoms with Crippen molar-refractivity contribution in [2.24, 2.45) is 5.92 Å². The predicted octanol–water partition coefficient (Wildman–Crippen LogP) is 2.68. The number of alkyl carbamates (subject to hydrolysis) is 1. The second kappa shape index (κ2) is 9.25. The van der Waals surface area contributed by atoms with E-state index in [0.29, 0.717) is 6.54 Å². The SMILES string of the molecule is CC(C)C(NC(=O)OC(C)(C)C)C(=O)NCCCc1cccnc1. The molecule has 6 heteroatoms. The van der Waals surface area contributed by atoms with Crippen molar-refractivity contribution in [2.75, 3.05) is 6.54 Å². The molecule has 6 nitrogen and oxygen atoms in total. The van der Waals surface area contributed by atoms with Gasteiger partial charge in [-0.2, -0.15) is 0 Å². The molecule has 1 aromatic rings. The van der Waals surface area contributed by atoms with E-state index in [0.717, 1.165) is 18.4 Å². The highest BCUT2D eigenvalue weighted by molar-refractivity contribution is 5.85. The van der Waals surface area contributed by atoms with E-state index >= 15 is 0 Å².